The second-order valence-electron chi connectivity index (χ2n) is 13.9. The zero-order chi connectivity index (χ0) is 36.6. The summed E-state index contributed by atoms with van der Waals surface area (Å²) in [6.45, 7) is 8.49. The molecule has 0 aromatic heterocycles. The van der Waals surface area contributed by atoms with Crippen molar-refractivity contribution in [1.82, 2.24) is 10.6 Å². The van der Waals surface area contributed by atoms with Crippen molar-refractivity contribution >= 4 is 44.9 Å². The molecule has 4 aromatic carbocycles. The number of benzene rings is 4. The van der Waals surface area contributed by atoms with E-state index < -0.39 is 9.84 Å². The Labute approximate surface area is 304 Å². The highest BCUT2D eigenvalue weighted by Gasteiger charge is 2.60. The third-order valence-electron chi connectivity index (χ3n) is 9.87. The molecule has 2 fully saturated rings. The van der Waals surface area contributed by atoms with Crippen LogP contribution in [0.2, 0.25) is 10.0 Å². The minimum Gasteiger partial charge on any atom is -0.496 e. The van der Waals surface area contributed by atoms with Crippen molar-refractivity contribution in [1.29, 1.82) is 0 Å². The molecular weight excluding hydrogens is 695 g/mol. The van der Waals surface area contributed by atoms with Crippen molar-refractivity contribution in [2.75, 3.05) is 20.5 Å². The van der Waals surface area contributed by atoms with Gasteiger partial charge < -0.3 is 20.1 Å². The van der Waals surface area contributed by atoms with E-state index >= 15 is 0 Å². The quantitative estimate of drug-likeness (QED) is 0.181. The van der Waals surface area contributed by atoms with Crippen molar-refractivity contribution in [3.8, 4) is 11.5 Å². The smallest absolute Gasteiger partial charge is 0.255 e. The van der Waals surface area contributed by atoms with E-state index in [1.165, 1.54) is 18.9 Å². The molecule has 2 aliphatic rings. The van der Waals surface area contributed by atoms with Gasteiger partial charge in [0.1, 0.15) is 11.5 Å². The summed E-state index contributed by atoms with van der Waals surface area (Å²) in [5.41, 5.74) is 2.99. The molecule has 50 heavy (non-hydrogen) atoms. The van der Waals surface area contributed by atoms with Gasteiger partial charge in [-0.15, -0.1) is 0 Å². The van der Waals surface area contributed by atoms with E-state index in [4.69, 9.17) is 32.7 Å². The first-order valence-electron chi connectivity index (χ1n) is 16.1. The van der Waals surface area contributed by atoms with E-state index in [1.807, 2.05) is 30.3 Å². The molecule has 11 heteroatoms. The Morgan fingerprint density at radius 3 is 1.42 bits per heavy atom. The molecule has 4 atom stereocenters. The van der Waals surface area contributed by atoms with Crippen LogP contribution in [0.4, 0.5) is 0 Å². The zero-order valence-corrected chi connectivity index (χ0v) is 31.4. The van der Waals surface area contributed by atoms with E-state index in [1.54, 1.807) is 55.6 Å². The Balaban J connectivity index is 0.000000197. The van der Waals surface area contributed by atoms with Crippen LogP contribution < -0.4 is 20.1 Å². The summed E-state index contributed by atoms with van der Waals surface area (Å²) in [6, 6.07) is 27.1. The molecule has 0 aliphatic heterocycles. The van der Waals surface area contributed by atoms with Gasteiger partial charge in [-0.05, 0) is 70.5 Å². The molecule has 4 aromatic rings. The summed E-state index contributed by atoms with van der Waals surface area (Å²) in [5, 5.41) is 7.17. The number of sulfone groups is 1. The second-order valence-corrected chi connectivity index (χ2v) is 16.8. The van der Waals surface area contributed by atoms with Gasteiger partial charge in [0.2, 0.25) is 0 Å². The number of nitrogens with one attached hydrogen (secondary N) is 2. The molecule has 2 aliphatic carbocycles. The van der Waals surface area contributed by atoms with E-state index in [-0.39, 0.29) is 45.5 Å². The lowest BCUT2D eigenvalue weighted by Crippen LogP contribution is -2.29. The molecule has 0 heterocycles. The molecule has 2 N–H and O–H groups in total. The largest absolute Gasteiger partial charge is 0.496 e. The van der Waals surface area contributed by atoms with Crippen LogP contribution in [0.25, 0.3) is 0 Å². The van der Waals surface area contributed by atoms with Gasteiger partial charge >= 0.3 is 0 Å². The summed E-state index contributed by atoms with van der Waals surface area (Å²) in [5.74, 6) is 1.01. The van der Waals surface area contributed by atoms with Crippen molar-refractivity contribution in [2.24, 2.45) is 10.8 Å². The number of ether oxygens (including phenoxy) is 2. The summed E-state index contributed by atoms with van der Waals surface area (Å²) < 4.78 is 33.8. The average molecular weight is 738 g/mol. The van der Waals surface area contributed by atoms with Crippen LogP contribution >= 0.6 is 23.2 Å². The Morgan fingerprint density at radius 1 is 0.640 bits per heavy atom. The molecule has 0 saturated heterocycles. The third kappa shape index (κ3) is 7.80. The minimum absolute atomic E-state index is 0.0306. The number of hydrogen-bond donors (Lipinski definition) is 2. The highest BCUT2D eigenvalue weighted by molar-refractivity contribution is 7.90. The topological polar surface area (TPSA) is 111 Å². The SMILES string of the molecule is COc1ccc(Cl)cc1C(=O)N[C@H]1[C@H](c2ccc(S(C)(=O)=O)cc2)C1(C)C.COc1ccc(Cl)cc1C(=O)N[C@H]1[C@H](c2ccccc2)C1(C)C. The van der Waals surface area contributed by atoms with Crippen LogP contribution in [0, 0.1) is 10.8 Å². The molecule has 0 spiro atoms. The standard InChI is InChI=1S/C20H22ClNO4S.C19H20ClNO2/c1-20(2)17(12-5-8-14(9-6-12)27(4,24)25)18(20)22-19(23)15-11-13(21)7-10-16(15)26-3;1-19(2)16(12-7-5-4-6-8-12)17(19)21-18(22)14-11-13(20)9-10-15(14)23-3/h5-11,17-18H,1-4H3,(H,22,23);4-11,16-17H,1-3H3,(H,21,22)/t17-,18-;16-,17-/m00/s1. The molecule has 2 amide bonds. The molecule has 0 bridgehead atoms. The number of rotatable bonds is 9. The number of hydrogen-bond acceptors (Lipinski definition) is 6. The first-order chi connectivity index (χ1) is 23.5. The van der Waals surface area contributed by atoms with Crippen molar-refractivity contribution in [3.63, 3.8) is 0 Å². The highest BCUT2D eigenvalue weighted by atomic mass is 35.5. The molecule has 264 valence electrons. The Morgan fingerprint density at radius 2 is 1.04 bits per heavy atom. The number of methoxy groups -OCH3 is 2. The van der Waals surface area contributed by atoms with Crippen LogP contribution in [0.1, 0.15) is 71.4 Å². The van der Waals surface area contributed by atoms with Gasteiger partial charge in [0.25, 0.3) is 11.8 Å². The second kappa shape index (κ2) is 14.3. The van der Waals surface area contributed by atoms with E-state index in [9.17, 15) is 18.0 Å². The van der Waals surface area contributed by atoms with Gasteiger partial charge in [-0.1, -0.05) is 93.4 Å². The van der Waals surface area contributed by atoms with Gasteiger partial charge in [0.05, 0.1) is 30.2 Å². The van der Waals surface area contributed by atoms with Gasteiger partial charge in [-0.3, -0.25) is 9.59 Å². The van der Waals surface area contributed by atoms with Gasteiger partial charge in [0.15, 0.2) is 9.84 Å². The molecular formula is C39H42Cl2N2O6S. The maximum absolute atomic E-state index is 12.7. The number of carbonyl (C=O) groups excluding carboxylic acids is 2. The van der Waals surface area contributed by atoms with Crippen molar-refractivity contribution in [2.45, 2.75) is 56.5 Å². The molecule has 0 unspecified atom stereocenters. The number of amides is 2. The van der Waals surface area contributed by atoms with Crippen LogP contribution in [-0.2, 0) is 9.84 Å². The summed E-state index contributed by atoms with van der Waals surface area (Å²) >= 11 is 12.0. The fraction of sp³-hybridized carbons (Fsp3) is 0.333. The Hall–Kier alpha value is -4.05. The predicted molar refractivity (Wildman–Crippen MR) is 198 cm³/mol. The minimum atomic E-state index is -3.23. The fourth-order valence-corrected chi connectivity index (χ4v) is 7.77. The first-order valence-corrected chi connectivity index (χ1v) is 18.8. The van der Waals surface area contributed by atoms with Crippen LogP contribution in [-0.4, -0.2) is 52.8 Å². The summed E-state index contributed by atoms with van der Waals surface area (Å²) in [4.78, 5) is 25.7. The lowest BCUT2D eigenvalue weighted by molar-refractivity contribution is 0.0934. The molecule has 6 rings (SSSR count). The maximum Gasteiger partial charge on any atom is 0.255 e. The van der Waals surface area contributed by atoms with Crippen molar-refractivity contribution in [3.05, 3.63) is 123 Å². The fourth-order valence-electron chi connectivity index (χ4n) is 6.79. The first kappa shape index (κ1) is 37.2. The Kier molecular flexibility index (Phi) is 10.6. The van der Waals surface area contributed by atoms with E-state index in [0.717, 1.165) is 5.56 Å². The zero-order valence-electron chi connectivity index (χ0n) is 29.1. The van der Waals surface area contributed by atoms with E-state index in [2.05, 4.69) is 50.5 Å². The highest BCUT2D eigenvalue weighted by Crippen LogP contribution is 2.59. The Bertz CT molecular complexity index is 2000. The van der Waals surface area contributed by atoms with Gasteiger partial charge in [0, 0.05) is 40.2 Å². The predicted octanol–water partition coefficient (Wildman–Crippen LogP) is 7.94. The summed E-state index contributed by atoms with van der Waals surface area (Å²) in [7, 11) is -0.173. The van der Waals surface area contributed by atoms with Crippen LogP contribution in [0.3, 0.4) is 0 Å². The monoisotopic (exact) mass is 736 g/mol. The molecule has 0 radical (unpaired) electrons. The maximum atomic E-state index is 12.7. The summed E-state index contributed by atoms with van der Waals surface area (Å²) in [6.07, 6.45) is 1.18. The lowest BCUT2D eigenvalue weighted by atomic mass is 10.0. The lowest BCUT2D eigenvalue weighted by Gasteiger charge is -2.10. The van der Waals surface area contributed by atoms with Gasteiger partial charge in [-0.2, -0.15) is 0 Å². The number of carbonyl (C=O) groups is 2. The van der Waals surface area contributed by atoms with Crippen molar-refractivity contribution < 1.29 is 27.5 Å². The van der Waals surface area contributed by atoms with Gasteiger partial charge in [-0.25, -0.2) is 8.42 Å². The molecule has 8 nitrogen and oxygen atoms in total. The average Bonchev–Trinajstić information content (AvgIpc) is 3.84. The van der Waals surface area contributed by atoms with Crippen LogP contribution in [0.5, 0.6) is 11.5 Å². The molecule has 2 saturated carbocycles. The van der Waals surface area contributed by atoms with Crippen LogP contribution in [0.15, 0.2) is 95.9 Å². The number of halogens is 2. The van der Waals surface area contributed by atoms with E-state index in [0.29, 0.717) is 38.6 Å². The third-order valence-corrected chi connectivity index (χ3v) is 11.5. The normalized spacial score (nSPS) is 21.1.